The number of thiazole rings is 1. The number of amides is 1. The number of nitrogens with zero attached hydrogens (tertiary/aromatic N) is 1. The summed E-state index contributed by atoms with van der Waals surface area (Å²) < 4.78 is 0. The third-order valence-corrected chi connectivity index (χ3v) is 5.44. The largest absolute Gasteiger partial charge is 0.480 e. The first kappa shape index (κ1) is 20.3. The SMILES string of the molecule is O=C(Cc1csc(-c2ccc(Cl)cc2Cl)n1)N[C@@H](Cc1ccccc1)C(=O)O. The fraction of sp³-hybridized carbons (Fsp3) is 0.150. The molecule has 0 aliphatic heterocycles. The number of hydrogen-bond donors (Lipinski definition) is 2. The minimum atomic E-state index is -1.08. The van der Waals surface area contributed by atoms with Gasteiger partial charge in [0.1, 0.15) is 11.0 Å². The second-order valence-electron chi connectivity index (χ2n) is 6.09. The van der Waals surface area contributed by atoms with Gasteiger partial charge in [0.15, 0.2) is 0 Å². The summed E-state index contributed by atoms with van der Waals surface area (Å²) in [5, 5.41) is 15.4. The van der Waals surface area contributed by atoms with Crippen molar-refractivity contribution >= 4 is 46.4 Å². The predicted octanol–water partition coefficient (Wildman–Crippen LogP) is 4.47. The molecule has 0 bridgehead atoms. The number of carbonyl (C=O) groups excluding carboxylic acids is 1. The Morgan fingerprint density at radius 2 is 1.89 bits per heavy atom. The van der Waals surface area contributed by atoms with Crippen molar-refractivity contribution in [1.82, 2.24) is 10.3 Å². The van der Waals surface area contributed by atoms with Gasteiger partial charge in [0, 0.05) is 22.4 Å². The highest BCUT2D eigenvalue weighted by atomic mass is 35.5. The Morgan fingerprint density at radius 1 is 1.14 bits per heavy atom. The van der Waals surface area contributed by atoms with Crippen LogP contribution in [0.25, 0.3) is 10.6 Å². The van der Waals surface area contributed by atoms with E-state index in [2.05, 4.69) is 10.3 Å². The number of aromatic nitrogens is 1. The van der Waals surface area contributed by atoms with Crippen LogP contribution in [0, 0.1) is 0 Å². The minimum absolute atomic E-state index is 0.0136. The molecule has 28 heavy (non-hydrogen) atoms. The van der Waals surface area contributed by atoms with Gasteiger partial charge in [0.05, 0.1) is 17.1 Å². The Balaban J connectivity index is 1.65. The van der Waals surface area contributed by atoms with E-state index in [-0.39, 0.29) is 12.8 Å². The van der Waals surface area contributed by atoms with Crippen molar-refractivity contribution in [2.45, 2.75) is 18.9 Å². The maximum Gasteiger partial charge on any atom is 0.326 e. The highest BCUT2D eigenvalue weighted by Gasteiger charge is 2.21. The Kier molecular flexibility index (Phi) is 6.67. The maximum atomic E-state index is 12.3. The first-order chi connectivity index (χ1) is 13.4. The fourth-order valence-corrected chi connectivity index (χ4v) is 4.05. The van der Waals surface area contributed by atoms with Crippen molar-refractivity contribution in [2.75, 3.05) is 0 Å². The zero-order valence-electron chi connectivity index (χ0n) is 14.6. The van der Waals surface area contributed by atoms with E-state index in [9.17, 15) is 14.7 Å². The molecule has 8 heteroatoms. The number of hydrogen-bond acceptors (Lipinski definition) is 4. The molecule has 3 aromatic rings. The Hall–Kier alpha value is -2.41. The smallest absolute Gasteiger partial charge is 0.326 e. The monoisotopic (exact) mass is 434 g/mol. The van der Waals surface area contributed by atoms with E-state index in [1.54, 1.807) is 23.6 Å². The molecule has 2 aromatic carbocycles. The third kappa shape index (κ3) is 5.32. The van der Waals surface area contributed by atoms with Crippen molar-refractivity contribution in [3.63, 3.8) is 0 Å². The van der Waals surface area contributed by atoms with Gasteiger partial charge in [-0.15, -0.1) is 11.3 Å². The summed E-state index contributed by atoms with van der Waals surface area (Å²) in [6.45, 7) is 0. The van der Waals surface area contributed by atoms with Gasteiger partial charge in [-0.1, -0.05) is 53.5 Å². The van der Waals surface area contributed by atoms with Crippen molar-refractivity contribution in [3.8, 4) is 10.6 Å². The van der Waals surface area contributed by atoms with E-state index < -0.39 is 17.9 Å². The molecule has 0 aliphatic rings. The lowest BCUT2D eigenvalue weighted by molar-refractivity contribution is -0.141. The average Bonchev–Trinajstić information content (AvgIpc) is 3.10. The van der Waals surface area contributed by atoms with Gasteiger partial charge in [-0.3, -0.25) is 4.79 Å². The zero-order valence-corrected chi connectivity index (χ0v) is 16.9. The van der Waals surface area contributed by atoms with Gasteiger partial charge >= 0.3 is 5.97 Å². The number of aliphatic carboxylic acids is 1. The summed E-state index contributed by atoms with van der Waals surface area (Å²) >= 11 is 13.5. The minimum Gasteiger partial charge on any atom is -0.480 e. The molecule has 0 spiro atoms. The lowest BCUT2D eigenvalue weighted by Gasteiger charge is -2.14. The Morgan fingerprint density at radius 3 is 2.57 bits per heavy atom. The molecular formula is C20H16Cl2N2O3S. The molecule has 1 heterocycles. The molecule has 3 rings (SSSR count). The zero-order chi connectivity index (χ0) is 20.1. The average molecular weight is 435 g/mol. The normalized spacial score (nSPS) is 11.8. The molecule has 1 amide bonds. The van der Waals surface area contributed by atoms with Crippen LogP contribution in [0.15, 0.2) is 53.9 Å². The van der Waals surface area contributed by atoms with E-state index >= 15 is 0 Å². The molecule has 5 nitrogen and oxygen atoms in total. The number of carboxylic acid groups (broad SMARTS) is 1. The molecule has 2 N–H and O–H groups in total. The summed E-state index contributed by atoms with van der Waals surface area (Å²) in [5.41, 5.74) is 2.12. The molecule has 0 saturated carbocycles. The molecule has 0 fully saturated rings. The quantitative estimate of drug-likeness (QED) is 0.574. The van der Waals surface area contributed by atoms with Crippen LogP contribution in [0.4, 0.5) is 0 Å². The summed E-state index contributed by atoms with van der Waals surface area (Å²) in [6, 6.07) is 13.3. The van der Waals surface area contributed by atoms with Crippen LogP contribution in [-0.4, -0.2) is 28.0 Å². The molecule has 0 radical (unpaired) electrons. The number of halogens is 2. The van der Waals surface area contributed by atoms with Gasteiger partial charge in [0.25, 0.3) is 0 Å². The van der Waals surface area contributed by atoms with Gasteiger partial charge in [0.2, 0.25) is 5.91 Å². The van der Waals surface area contributed by atoms with Crippen LogP contribution in [0.2, 0.25) is 10.0 Å². The summed E-state index contributed by atoms with van der Waals surface area (Å²) in [4.78, 5) is 28.2. The maximum absolute atomic E-state index is 12.3. The van der Waals surface area contributed by atoms with E-state index in [0.717, 1.165) is 11.1 Å². The Labute approximate surface area is 176 Å². The highest BCUT2D eigenvalue weighted by molar-refractivity contribution is 7.13. The number of benzene rings is 2. The van der Waals surface area contributed by atoms with Gasteiger partial charge in [-0.2, -0.15) is 0 Å². The van der Waals surface area contributed by atoms with Gasteiger partial charge < -0.3 is 10.4 Å². The second kappa shape index (κ2) is 9.19. The number of carbonyl (C=O) groups is 2. The molecular weight excluding hydrogens is 419 g/mol. The Bertz CT molecular complexity index is 992. The van der Waals surface area contributed by atoms with Crippen molar-refractivity contribution < 1.29 is 14.7 Å². The van der Waals surface area contributed by atoms with Crippen LogP contribution >= 0.6 is 34.5 Å². The lowest BCUT2D eigenvalue weighted by atomic mass is 10.1. The van der Waals surface area contributed by atoms with Crippen LogP contribution < -0.4 is 5.32 Å². The molecule has 0 aliphatic carbocycles. The highest BCUT2D eigenvalue weighted by Crippen LogP contribution is 2.32. The number of nitrogens with one attached hydrogen (secondary N) is 1. The lowest BCUT2D eigenvalue weighted by Crippen LogP contribution is -2.43. The van der Waals surface area contributed by atoms with Crippen molar-refractivity contribution in [1.29, 1.82) is 0 Å². The molecule has 1 atom stereocenters. The van der Waals surface area contributed by atoms with Crippen LogP contribution in [0.3, 0.4) is 0 Å². The van der Waals surface area contributed by atoms with Crippen molar-refractivity contribution in [3.05, 3.63) is 75.2 Å². The first-order valence-corrected chi connectivity index (χ1v) is 10.0. The van der Waals surface area contributed by atoms with E-state index in [1.807, 2.05) is 30.3 Å². The summed E-state index contributed by atoms with van der Waals surface area (Å²) in [7, 11) is 0. The molecule has 144 valence electrons. The predicted molar refractivity (Wildman–Crippen MR) is 111 cm³/mol. The van der Waals surface area contributed by atoms with Crippen molar-refractivity contribution in [2.24, 2.45) is 0 Å². The van der Waals surface area contributed by atoms with E-state index in [1.165, 1.54) is 11.3 Å². The first-order valence-electron chi connectivity index (χ1n) is 8.38. The van der Waals surface area contributed by atoms with E-state index in [4.69, 9.17) is 23.2 Å². The molecule has 0 unspecified atom stereocenters. The summed E-state index contributed by atoms with van der Waals surface area (Å²) in [5.74, 6) is -1.48. The molecule has 0 saturated heterocycles. The van der Waals surface area contributed by atoms with Gasteiger partial charge in [-0.25, -0.2) is 9.78 Å². The fourth-order valence-electron chi connectivity index (χ4n) is 2.63. The van der Waals surface area contributed by atoms with Crippen LogP contribution in [0.1, 0.15) is 11.3 Å². The summed E-state index contributed by atoms with van der Waals surface area (Å²) in [6.07, 6.45) is 0.199. The van der Waals surface area contributed by atoms with Gasteiger partial charge in [-0.05, 0) is 23.8 Å². The van der Waals surface area contributed by atoms with E-state index in [0.29, 0.717) is 20.7 Å². The van der Waals surface area contributed by atoms with Crippen LogP contribution in [0.5, 0.6) is 0 Å². The number of carboxylic acids is 1. The third-order valence-electron chi connectivity index (χ3n) is 3.97. The standard InChI is InChI=1S/C20H16Cl2N2O3S/c21-13-6-7-15(16(22)9-13)19-23-14(11-28-19)10-18(25)24-17(20(26)27)8-12-4-2-1-3-5-12/h1-7,9,11,17H,8,10H2,(H,24,25)(H,26,27)/t17-/m0/s1. The van der Waals surface area contributed by atoms with Crippen LogP contribution in [-0.2, 0) is 22.4 Å². The topological polar surface area (TPSA) is 79.3 Å². The number of rotatable bonds is 7. The second-order valence-corrected chi connectivity index (χ2v) is 7.79. The molecule has 1 aromatic heterocycles.